The Balaban J connectivity index is -0.000000841. The molecule has 7 aromatic rings. The van der Waals surface area contributed by atoms with Gasteiger partial charge in [0.25, 0.3) is 0 Å². The van der Waals surface area contributed by atoms with Gasteiger partial charge in [-0.1, -0.05) is 64.6 Å². The number of nitrogens with zero attached hydrogens (tertiary/aromatic N) is 8. The van der Waals surface area contributed by atoms with Crippen LogP contribution >= 0.6 is 22.6 Å². The van der Waals surface area contributed by atoms with Crippen LogP contribution in [0.2, 0.25) is 0 Å². The molecule has 0 saturated carbocycles. The number of halogens is 1. The van der Waals surface area contributed by atoms with Crippen molar-refractivity contribution in [2.24, 2.45) is 0 Å². The molecule has 8 N–H and O–H groups in total. The number of carbonyl (C=O) groups excluding carboxylic acids is 4. The number of sulfone groups is 1. The molecule has 1 aromatic carbocycles. The second-order valence-electron chi connectivity index (χ2n) is 13.3. The van der Waals surface area contributed by atoms with E-state index in [-0.39, 0.29) is 45.0 Å². The molecule has 6 heterocycles. The Kier molecular flexibility index (Phi) is 39.4. The van der Waals surface area contributed by atoms with Crippen molar-refractivity contribution < 1.29 is 86.6 Å². The number of rotatable bonds is 13. The molecule has 2 unspecified atom stereocenters. The van der Waals surface area contributed by atoms with E-state index >= 15 is 0 Å². The fourth-order valence-electron chi connectivity index (χ4n) is 4.77. The molecular weight excluding hydrogens is 1110 g/mol. The minimum Gasteiger partial charge on any atom is -0.870 e. The maximum atomic E-state index is 11.6. The monoisotopic (exact) mass is 1170 g/mol. The molecule has 0 aliphatic rings. The first kappa shape index (κ1) is 72.0. The minimum atomic E-state index is -3.11. The van der Waals surface area contributed by atoms with Gasteiger partial charge < -0.3 is 46.4 Å². The molecule has 0 radical (unpaired) electrons. The Morgan fingerprint density at radius 3 is 1.57 bits per heavy atom. The van der Waals surface area contributed by atoms with E-state index in [4.69, 9.17) is 35.0 Å². The Hall–Kier alpha value is -7.29. The predicted octanol–water partition coefficient (Wildman–Crippen LogP) is 2.04. The number of carboxylic acids is 1. The number of aryl methyl sites for hydroxylation is 1. The molecule has 7 rings (SSSR count). The molecule has 0 bridgehead atoms. The van der Waals surface area contributed by atoms with Crippen LogP contribution < -0.4 is 29.9 Å². The number of nitrogens with one attached hydrogen (secondary N) is 1. The van der Waals surface area contributed by atoms with Crippen molar-refractivity contribution in [3.63, 3.8) is 0 Å². The van der Waals surface area contributed by atoms with Gasteiger partial charge >= 0.3 is 36.8 Å². The van der Waals surface area contributed by atoms with Gasteiger partial charge in [0.05, 0.1) is 30.5 Å². The number of esters is 2. The van der Waals surface area contributed by atoms with Crippen LogP contribution in [0.4, 0.5) is 11.6 Å². The van der Waals surface area contributed by atoms with Gasteiger partial charge in [-0.3, -0.25) is 18.7 Å². The number of anilines is 2. The molecule has 0 aliphatic heterocycles. The van der Waals surface area contributed by atoms with Crippen molar-refractivity contribution in [1.29, 1.82) is 0 Å². The van der Waals surface area contributed by atoms with E-state index in [0.29, 0.717) is 47.1 Å². The van der Waals surface area contributed by atoms with Crippen molar-refractivity contribution in [2.75, 3.05) is 38.5 Å². The van der Waals surface area contributed by atoms with E-state index in [1.54, 1.807) is 105 Å². The average molecular weight is 1170 g/mol. The summed E-state index contributed by atoms with van der Waals surface area (Å²) < 4.78 is 40.6. The first-order valence-corrected chi connectivity index (χ1v) is 24.0. The Morgan fingerprint density at radius 2 is 1.21 bits per heavy atom. The number of hydrogen-bond donors (Lipinski definition) is 4. The summed E-state index contributed by atoms with van der Waals surface area (Å²) in [5, 5.41) is 18.6. The molecule has 0 aliphatic carbocycles. The van der Waals surface area contributed by atoms with Gasteiger partial charge in [-0.25, -0.2) is 52.7 Å². The summed E-state index contributed by atoms with van der Waals surface area (Å²) in [5.41, 5.74) is 6.79. The van der Waals surface area contributed by atoms with Crippen LogP contribution in [0.1, 0.15) is 54.2 Å². The smallest absolute Gasteiger partial charge is 0.870 e. The van der Waals surface area contributed by atoms with E-state index in [1.807, 2.05) is 72.0 Å². The molecular formula is C48H60ILiN10O14S. The number of aliphatic hydroxyl groups excluding tert-OH is 1. The fourth-order valence-corrected chi connectivity index (χ4v) is 6.54. The number of hydrogen-bond acceptors (Lipinski definition) is 20. The molecule has 0 saturated heterocycles. The number of carboxylic acid groups (broad SMARTS) is 1. The number of nitrogen functional groups attached to an aromatic ring is 1. The van der Waals surface area contributed by atoms with E-state index < -0.39 is 39.8 Å². The minimum absolute atomic E-state index is 0. The second kappa shape index (κ2) is 41.1. The van der Waals surface area contributed by atoms with Crippen LogP contribution in [0.3, 0.4) is 0 Å². The molecule has 75 heavy (non-hydrogen) atoms. The second-order valence-corrected chi connectivity index (χ2v) is 18.3. The van der Waals surface area contributed by atoms with Gasteiger partial charge in [0.1, 0.15) is 39.2 Å². The Morgan fingerprint density at radius 1 is 0.760 bits per heavy atom. The average Bonchev–Trinajstić information content (AvgIpc) is 4.11. The van der Waals surface area contributed by atoms with Crippen molar-refractivity contribution in [3.05, 3.63) is 164 Å². The zero-order valence-corrected chi connectivity index (χ0v) is 45.3. The van der Waals surface area contributed by atoms with Crippen LogP contribution in [-0.4, -0.2) is 136 Å². The number of aliphatic hydroxyl groups is 1. The maximum absolute atomic E-state index is 11.6. The summed E-state index contributed by atoms with van der Waals surface area (Å²) in [7, 11) is -0.679. The SMILES string of the molecule is CC(=O)C=O.CCOC(=O)C(Nc1ccccn1)OC.CCOC(=O)c1cncn1-c1ccccn1.CO.Cc1ccc(S(=O)(=O)C(C)I)cc1.Nc1ccccn1.O.O=C(O)c1cncn1-c1ccccn1.[Li+].[OH-]. The van der Waals surface area contributed by atoms with E-state index in [9.17, 15) is 27.6 Å². The number of ketones is 1. The largest absolute Gasteiger partial charge is 1.00 e. The summed E-state index contributed by atoms with van der Waals surface area (Å²) in [4.78, 5) is 76.3. The number of Topliss-reactive ketones (excluding diaryl/α,β-unsaturated/α-hetero) is 1. The van der Waals surface area contributed by atoms with E-state index in [1.165, 1.54) is 43.6 Å². The number of aromatic nitrogens is 8. The number of aromatic carboxylic acids is 1. The topological polar surface area (TPSA) is 374 Å². The summed E-state index contributed by atoms with van der Waals surface area (Å²) >= 11 is 1.91. The maximum Gasteiger partial charge on any atom is 1.00 e. The Bertz CT molecular complexity index is 2750. The summed E-state index contributed by atoms with van der Waals surface area (Å²) in [5.74, 6) is 0.0276. The zero-order chi connectivity index (χ0) is 53.9. The number of aldehydes is 1. The van der Waals surface area contributed by atoms with Crippen molar-refractivity contribution in [2.45, 2.75) is 49.0 Å². The molecule has 0 amide bonds. The van der Waals surface area contributed by atoms with Gasteiger partial charge in [0.2, 0.25) is 6.23 Å². The normalized spacial score (nSPS) is 10.1. The van der Waals surface area contributed by atoms with E-state index in [2.05, 4.69) is 35.2 Å². The third kappa shape index (κ3) is 27.5. The van der Waals surface area contributed by atoms with Gasteiger partial charge in [0.15, 0.2) is 33.3 Å². The van der Waals surface area contributed by atoms with Crippen LogP contribution in [0.5, 0.6) is 0 Å². The van der Waals surface area contributed by atoms with Gasteiger partial charge in [0, 0.05) is 45.9 Å². The number of pyridine rings is 4. The number of nitrogens with two attached hydrogens (primary N) is 1. The standard InChI is InChI=1S/C11H11N3O2.C10H14N2O3.C9H11IO2S.C9H7N3O2.C5H6N2.C3H4O2.CH4O.Li.2H2O/c1-2-16-11(15)9-7-12-8-14(9)10-5-3-4-6-13-10;1-3-15-10(13)9(14-2)12-8-6-4-5-7-11-8;1-7-3-5-9(6-4-7)13(11,12)8(2)10;13-9(14)7-5-10-6-12(7)8-3-1-2-4-11-8;6-5-3-1-2-4-7-5;1-3(5)2-4;1-2;;;/h3-8H,2H2,1H3;4-7,9H,3H2,1-2H3,(H,11,12);3-6,8H,1-2H3;1-6H,(H,13,14);1-4H,(H2,6,7);2H,1H3;2H,1H3;;2*1H2/q;;;;;;;+1;;/p-1. The van der Waals surface area contributed by atoms with E-state index in [0.717, 1.165) is 12.7 Å². The third-order valence-corrected chi connectivity index (χ3v) is 11.9. The van der Waals surface area contributed by atoms with Crippen molar-refractivity contribution in [3.8, 4) is 11.6 Å². The number of ether oxygens (including phenoxy) is 3. The number of imidazole rings is 2. The number of methoxy groups -OCH3 is 1. The zero-order valence-electron chi connectivity index (χ0n) is 42.4. The summed E-state index contributed by atoms with van der Waals surface area (Å²) in [6.07, 6.45) is 11.7. The van der Waals surface area contributed by atoms with Gasteiger partial charge in [-0.2, -0.15) is 0 Å². The molecule has 6 aromatic heterocycles. The molecule has 24 nitrogen and oxygen atoms in total. The van der Waals surface area contributed by atoms with Gasteiger partial charge in [-0.05, 0) is 88.4 Å². The molecule has 2 atom stereocenters. The first-order valence-electron chi connectivity index (χ1n) is 21.2. The summed E-state index contributed by atoms with van der Waals surface area (Å²) in [6, 6.07) is 28.4. The van der Waals surface area contributed by atoms with Gasteiger partial charge in [-0.15, -0.1) is 0 Å². The van der Waals surface area contributed by atoms with Crippen LogP contribution in [0.15, 0.2) is 152 Å². The molecule has 400 valence electrons. The predicted molar refractivity (Wildman–Crippen MR) is 282 cm³/mol. The van der Waals surface area contributed by atoms with Crippen LogP contribution in [0, 0.1) is 6.92 Å². The van der Waals surface area contributed by atoms with Crippen LogP contribution in [0.25, 0.3) is 11.6 Å². The van der Waals surface area contributed by atoms with Crippen molar-refractivity contribution >= 4 is 74.0 Å². The van der Waals surface area contributed by atoms with Crippen molar-refractivity contribution in [1.82, 2.24) is 39.0 Å². The number of alkyl halides is 1. The molecule has 27 heteroatoms. The van der Waals surface area contributed by atoms with Crippen LogP contribution in [-0.2, 0) is 38.4 Å². The fraction of sp³-hybridized carbons (Fsp3) is 0.229. The molecule has 0 fully saturated rings. The summed E-state index contributed by atoms with van der Waals surface area (Å²) in [6.45, 7) is 8.99. The first-order chi connectivity index (χ1) is 34.5. The molecule has 0 spiro atoms. The number of benzene rings is 1. The number of carbonyl (C=O) groups is 5. The Labute approximate surface area is 460 Å². The third-order valence-electron chi connectivity index (χ3n) is 8.08. The quantitative estimate of drug-likeness (QED) is 0.0244.